The number of rotatable bonds is 3. The number of halogens is 2. The van der Waals surface area contributed by atoms with E-state index in [2.05, 4.69) is 11.1 Å². The van der Waals surface area contributed by atoms with Gasteiger partial charge in [0.05, 0.1) is 26.6 Å². The van der Waals surface area contributed by atoms with Gasteiger partial charge in [0, 0.05) is 19.0 Å². The van der Waals surface area contributed by atoms with E-state index in [1.54, 1.807) is 30.3 Å². The van der Waals surface area contributed by atoms with E-state index in [0.29, 0.717) is 26.3 Å². The molecule has 1 aromatic carbocycles. The Labute approximate surface area is 158 Å². The van der Waals surface area contributed by atoms with Gasteiger partial charge in [-0.2, -0.15) is 5.26 Å². The fraction of sp³-hybridized carbons (Fsp3) is 0.176. The topological polar surface area (TPSA) is 74.1 Å². The lowest BCUT2D eigenvalue weighted by Crippen LogP contribution is -2.26. The molecule has 3 rings (SSSR count). The Morgan fingerprint density at radius 3 is 2.60 bits per heavy atom. The van der Waals surface area contributed by atoms with Crippen molar-refractivity contribution in [3.8, 4) is 17.3 Å². The van der Waals surface area contributed by atoms with E-state index in [4.69, 9.17) is 23.2 Å². The number of nitriles is 1. The monoisotopic (exact) mass is 391 g/mol. The molecule has 1 atom stereocenters. The van der Waals surface area contributed by atoms with Gasteiger partial charge in [0.25, 0.3) is 0 Å². The van der Waals surface area contributed by atoms with Gasteiger partial charge in [0.2, 0.25) is 11.8 Å². The molecule has 1 aromatic heterocycles. The molecule has 0 spiro atoms. The van der Waals surface area contributed by atoms with Crippen molar-refractivity contribution in [3.05, 3.63) is 45.9 Å². The van der Waals surface area contributed by atoms with Crippen molar-refractivity contribution >= 4 is 46.8 Å². The van der Waals surface area contributed by atoms with Crippen LogP contribution in [0.3, 0.4) is 0 Å². The number of aromatic nitrogens is 1. The molecule has 0 aliphatic carbocycles. The Hall–Kier alpha value is -2.07. The van der Waals surface area contributed by atoms with Gasteiger partial charge in [-0.05, 0) is 24.3 Å². The maximum atomic E-state index is 12.1. The number of hydrogen-bond acceptors (Lipinski definition) is 5. The van der Waals surface area contributed by atoms with E-state index in [-0.39, 0.29) is 18.2 Å². The van der Waals surface area contributed by atoms with Crippen LogP contribution in [-0.2, 0) is 9.59 Å². The first-order valence-corrected chi connectivity index (χ1v) is 8.88. The fourth-order valence-corrected chi connectivity index (χ4v) is 3.82. The van der Waals surface area contributed by atoms with Gasteiger partial charge >= 0.3 is 0 Å². The predicted octanol–water partition coefficient (Wildman–Crippen LogP) is 3.78. The van der Waals surface area contributed by atoms with Crippen LogP contribution in [0, 0.1) is 11.3 Å². The van der Waals surface area contributed by atoms with E-state index in [9.17, 15) is 14.9 Å². The Balaban J connectivity index is 1.96. The molecule has 2 heterocycles. The molecule has 1 fully saturated rings. The molecule has 2 aromatic rings. The van der Waals surface area contributed by atoms with Gasteiger partial charge in [0.1, 0.15) is 11.1 Å². The molecule has 0 N–H and O–H groups in total. The molecular formula is C17H11Cl2N3O2S. The minimum atomic E-state index is -0.568. The zero-order valence-corrected chi connectivity index (χ0v) is 15.3. The van der Waals surface area contributed by atoms with Crippen molar-refractivity contribution in [2.24, 2.45) is 0 Å². The summed E-state index contributed by atoms with van der Waals surface area (Å²) in [6.07, 6.45) is 0.101. The smallest absolute Gasteiger partial charge is 0.242 e. The predicted molar refractivity (Wildman–Crippen MR) is 96.4 cm³/mol. The van der Waals surface area contributed by atoms with Crippen molar-refractivity contribution in [1.82, 2.24) is 9.88 Å². The third-order valence-electron chi connectivity index (χ3n) is 3.79. The number of imide groups is 1. The molecule has 1 aliphatic rings. The molecule has 5 nitrogen and oxygen atoms in total. The SMILES string of the molecule is CN1C(=O)CC(Sc2nc(-c3ccc(Cl)c(Cl)c3)ccc2C#N)C1=O. The summed E-state index contributed by atoms with van der Waals surface area (Å²) in [4.78, 5) is 29.4. The number of thioether (sulfide) groups is 1. The second-order valence-electron chi connectivity index (χ2n) is 5.39. The Bertz CT molecular complexity index is 927. The van der Waals surface area contributed by atoms with Gasteiger partial charge in [-0.1, -0.05) is 41.0 Å². The van der Waals surface area contributed by atoms with Crippen molar-refractivity contribution in [2.75, 3.05) is 7.05 Å². The maximum absolute atomic E-state index is 12.1. The van der Waals surface area contributed by atoms with Gasteiger partial charge in [-0.15, -0.1) is 0 Å². The minimum Gasteiger partial charge on any atom is -0.285 e. The number of nitrogens with zero attached hydrogens (tertiary/aromatic N) is 3. The molecule has 1 aliphatic heterocycles. The number of hydrogen-bond donors (Lipinski definition) is 0. The fourth-order valence-electron chi connectivity index (χ4n) is 2.38. The zero-order chi connectivity index (χ0) is 18.1. The maximum Gasteiger partial charge on any atom is 0.242 e. The van der Waals surface area contributed by atoms with Gasteiger partial charge in [-0.3, -0.25) is 14.5 Å². The van der Waals surface area contributed by atoms with Crippen molar-refractivity contribution < 1.29 is 9.59 Å². The Morgan fingerprint density at radius 1 is 1.24 bits per heavy atom. The van der Waals surface area contributed by atoms with E-state index < -0.39 is 5.25 Å². The highest BCUT2D eigenvalue weighted by Gasteiger charge is 2.37. The molecule has 0 saturated carbocycles. The van der Waals surface area contributed by atoms with Crippen LogP contribution in [-0.4, -0.2) is 34.0 Å². The normalized spacial score (nSPS) is 17.0. The van der Waals surface area contributed by atoms with Gasteiger partial charge in [0.15, 0.2) is 0 Å². The zero-order valence-electron chi connectivity index (χ0n) is 13.0. The lowest BCUT2D eigenvalue weighted by Gasteiger charge is -2.11. The number of carbonyl (C=O) groups excluding carboxylic acids is 2. The molecule has 1 unspecified atom stereocenters. The van der Waals surface area contributed by atoms with Crippen molar-refractivity contribution in [1.29, 1.82) is 5.26 Å². The Morgan fingerprint density at radius 2 is 2.00 bits per heavy atom. The summed E-state index contributed by atoms with van der Waals surface area (Å²) in [5, 5.41) is 9.98. The number of pyridine rings is 1. The first kappa shape index (κ1) is 17.7. The highest BCUT2D eigenvalue weighted by atomic mass is 35.5. The van der Waals surface area contributed by atoms with Crippen LogP contribution in [0.15, 0.2) is 35.4 Å². The minimum absolute atomic E-state index is 0.101. The standard InChI is InChI=1S/C17H11Cl2N3O2S/c1-22-15(23)7-14(17(22)24)25-16-10(8-20)3-5-13(21-16)9-2-4-11(18)12(19)6-9/h2-6,14H,7H2,1H3. The van der Waals surface area contributed by atoms with E-state index in [1.807, 2.05) is 0 Å². The average molecular weight is 392 g/mol. The summed E-state index contributed by atoms with van der Waals surface area (Å²) in [5.74, 6) is -0.512. The molecule has 2 amide bonds. The first-order chi connectivity index (χ1) is 11.9. The van der Waals surface area contributed by atoms with E-state index in [0.717, 1.165) is 22.2 Å². The Kier molecular flexibility index (Phi) is 5.00. The quantitative estimate of drug-likeness (QED) is 0.744. The summed E-state index contributed by atoms with van der Waals surface area (Å²) in [6.45, 7) is 0. The summed E-state index contributed by atoms with van der Waals surface area (Å²) >= 11 is 13.1. The number of likely N-dealkylation sites (tertiary alicyclic amines) is 1. The van der Waals surface area contributed by atoms with Gasteiger partial charge in [-0.25, -0.2) is 4.98 Å². The first-order valence-electron chi connectivity index (χ1n) is 7.24. The van der Waals surface area contributed by atoms with Crippen LogP contribution in [0.2, 0.25) is 10.0 Å². The molecule has 25 heavy (non-hydrogen) atoms. The van der Waals surface area contributed by atoms with Crippen LogP contribution in [0.25, 0.3) is 11.3 Å². The molecule has 0 radical (unpaired) electrons. The summed E-state index contributed by atoms with van der Waals surface area (Å²) in [5.41, 5.74) is 1.69. The van der Waals surface area contributed by atoms with Crippen LogP contribution in [0.4, 0.5) is 0 Å². The van der Waals surface area contributed by atoms with E-state index in [1.165, 1.54) is 7.05 Å². The van der Waals surface area contributed by atoms with Crippen molar-refractivity contribution in [2.45, 2.75) is 16.7 Å². The number of carbonyl (C=O) groups is 2. The average Bonchev–Trinajstić information content (AvgIpc) is 2.84. The molecule has 8 heteroatoms. The molecule has 1 saturated heterocycles. The van der Waals surface area contributed by atoms with Crippen molar-refractivity contribution in [3.63, 3.8) is 0 Å². The van der Waals surface area contributed by atoms with Gasteiger partial charge < -0.3 is 0 Å². The van der Waals surface area contributed by atoms with E-state index >= 15 is 0 Å². The molecular weight excluding hydrogens is 381 g/mol. The summed E-state index contributed by atoms with van der Waals surface area (Å²) in [7, 11) is 1.45. The van der Waals surface area contributed by atoms with Crippen LogP contribution in [0.5, 0.6) is 0 Å². The van der Waals surface area contributed by atoms with Crippen LogP contribution >= 0.6 is 35.0 Å². The number of benzene rings is 1. The summed E-state index contributed by atoms with van der Waals surface area (Å²) in [6, 6.07) is 10.5. The lowest BCUT2D eigenvalue weighted by molar-refractivity contribution is -0.136. The number of amides is 2. The summed E-state index contributed by atoms with van der Waals surface area (Å²) < 4.78 is 0. The lowest BCUT2D eigenvalue weighted by atomic mass is 10.1. The second-order valence-corrected chi connectivity index (χ2v) is 7.40. The third kappa shape index (κ3) is 3.49. The largest absolute Gasteiger partial charge is 0.285 e. The molecule has 126 valence electrons. The highest BCUT2D eigenvalue weighted by molar-refractivity contribution is 8.00. The third-order valence-corrected chi connectivity index (χ3v) is 5.72. The molecule has 0 bridgehead atoms. The van der Waals surface area contributed by atoms with Crippen LogP contribution in [0.1, 0.15) is 12.0 Å². The second kappa shape index (κ2) is 7.04. The van der Waals surface area contributed by atoms with Crippen LogP contribution < -0.4 is 0 Å². The highest BCUT2D eigenvalue weighted by Crippen LogP contribution is 2.34.